The summed E-state index contributed by atoms with van der Waals surface area (Å²) < 4.78 is 5.28. The molecule has 1 heterocycles. The van der Waals surface area contributed by atoms with Crippen LogP contribution in [0.1, 0.15) is 30.9 Å². The second kappa shape index (κ2) is 5.82. The quantitative estimate of drug-likeness (QED) is 0.809. The average molecular weight is 233 g/mol. The minimum Gasteiger partial charge on any atom is -0.460 e. The molecule has 0 saturated carbocycles. The molecule has 0 amide bonds. The lowest BCUT2D eigenvalue weighted by molar-refractivity contribution is -0.147. The van der Waals surface area contributed by atoms with E-state index >= 15 is 0 Å². The Labute approximate surface area is 102 Å². The molecule has 0 aromatic heterocycles. The fraction of sp³-hybridized carbons (Fsp3) is 0.500. The number of nitrogens with one attached hydrogen (secondary N) is 1. The van der Waals surface area contributed by atoms with Gasteiger partial charge in [-0.3, -0.25) is 4.79 Å². The van der Waals surface area contributed by atoms with Gasteiger partial charge in [0, 0.05) is 0 Å². The van der Waals surface area contributed by atoms with Gasteiger partial charge in [-0.05, 0) is 36.9 Å². The van der Waals surface area contributed by atoms with Crippen molar-refractivity contribution in [2.75, 3.05) is 6.54 Å². The van der Waals surface area contributed by atoms with Crippen LogP contribution in [-0.2, 0) is 22.6 Å². The molecule has 0 aliphatic carbocycles. The lowest BCUT2D eigenvalue weighted by Gasteiger charge is -2.10. The molecule has 0 bridgehead atoms. The zero-order valence-electron chi connectivity index (χ0n) is 10.2. The molecule has 1 aliphatic rings. The van der Waals surface area contributed by atoms with Crippen molar-refractivity contribution in [2.24, 2.45) is 0 Å². The Morgan fingerprint density at radius 1 is 1.35 bits per heavy atom. The van der Waals surface area contributed by atoms with Crippen molar-refractivity contribution >= 4 is 5.97 Å². The van der Waals surface area contributed by atoms with Crippen molar-refractivity contribution in [1.82, 2.24) is 5.32 Å². The normalized spacial score (nSPS) is 19.2. The van der Waals surface area contributed by atoms with Crippen LogP contribution in [0.5, 0.6) is 0 Å². The lowest BCUT2D eigenvalue weighted by atomic mass is 10.1. The second-order valence-electron chi connectivity index (χ2n) is 4.43. The predicted octanol–water partition coefficient (Wildman–Crippen LogP) is 2.04. The van der Waals surface area contributed by atoms with Gasteiger partial charge in [0.1, 0.15) is 12.6 Å². The van der Waals surface area contributed by atoms with E-state index in [0.717, 1.165) is 31.4 Å². The zero-order chi connectivity index (χ0) is 12.1. The summed E-state index contributed by atoms with van der Waals surface area (Å²) in [5, 5.41) is 3.14. The maximum absolute atomic E-state index is 11.7. The highest BCUT2D eigenvalue weighted by atomic mass is 16.5. The number of hydrogen-bond acceptors (Lipinski definition) is 3. The summed E-state index contributed by atoms with van der Waals surface area (Å²) in [4.78, 5) is 11.7. The fourth-order valence-corrected chi connectivity index (χ4v) is 2.01. The number of ether oxygens (including phenoxy) is 1. The Bertz CT molecular complexity index is 366. The molecule has 0 spiro atoms. The van der Waals surface area contributed by atoms with Crippen molar-refractivity contribution in [1.29, 1.82) is 0 Å². The van der Waals surface area contributed by atoms with Crippen LogP contribution in [0.2, 0.25) is 0 Å². The van der Waals surface area contributed by atoms with E-state index in [0.29, 0.717) is 6.61 Å². The van der Waals surface area contributed by atoms with Gasteiger partial charge in [-0.15, -0.1) is 0 Å². The molecule has 92 valence electrons. The summed E-state index contributed by atoms with van der Waals surface area (Å²) in [5.41, 5.74) is 2.35. The Balaban J connectivity index is 1.82. The maximum atomic E-state index is 11.7. The summed E-state index contributed by atoms with van der Waals surface area (Å²) >= 11 is 0. The Morgan fingerprint density at radius 3 is 2.65 bits per heavy atom. The van der Waals surface area contributed by atoms with E-state index in [2.05, 4.69) is 24.4 Å². The molecule has 1 atom stereocenters. The molecule has 1 fully saturated rings. The topological polar surface area (TPSA) is 38.3 Å². The van der Waals surface area contributed by atoms with E-state index in [1.54, 1.807) is 0 Å². The molecule has 1 aliphatic heterocycles. The summed E-state index contributed by atoms with van der Waals surface area (Å²) in [7, 11) is 0. The SMILES string of the molecule is CCc1ccc(COC(=O)C2CCCN2)cc1. The van der Waals surface area contributed by atoms with E-state index in [9.17, 15) is 4.79 Å². The van der Waals surface area contributed by atoms with E-state index < -0.39 is 0 Å². The van der Waals surface area contributed by atoms with E-state index in [4.69, 9.17) is 4.74 Å². The number of esters is 1. The largest absolute Gasteiger partial charge is 0.460 e. The first-order valence-corrected chi connectivity index (χ1v) is 6.27. The second-order valence-corrected chi connectivity index (χ2v) is 4.43. The average Bonchev–Trinajstić information content (AvgIpc) is 2.90. The van der Waals surface area contributed by atoms with Gasteiger partial charge in [0.25, 0.3) is 0 Å². The molecular weight excluding hydrogens is 214 g/mol. The highest BCUT2D eigenvalue weighted by Gasteiger charge is 2.23. The Hall–Kier alpha value is -1.35. The van der Waals surface area contributed by atoms with Gasteiger partial charge < -0.3 is 10.1 Å². The first-order chi connectivity index (χ1) is 8.29. The first-order valence-electron chi connectivity index (χ1n) is 6.27. The molecule has 2 rings (SSSR count). The highest BCUT2D eigenvalue weighted by molar-refractivity contribution is 5.76. The number of carbonyl (C=O) groups is 1. The third-order valence-electron chi connectivity index (χ3n) is 3.16. The van der Waals surface area contributed by atoms with E-state index in [1.807, 2.05) is 12.1 Å². The zero-order valence-corrected chi connectivity index (χ0v) is 10.2. The number of benzene rings is 1. The van der Waals surface area contributed by atoms with Crippen LogP contribution in [0.3, 0.4) is 0 Å². The minimum absolute atomic E-state index is 0.0927. The van der Waals surface area contributed by atoms with Crippen LogP contribution < -0.4 is 5.32 Å². The number of aryl methyl sites for hydroxylation is 1. The molecular formula is C14H19NO2. The van der Waals surface area contributed by atoms with Gasteiger partial charge >= 0.3 is 5.97 Å². The predicted molar refractivity (Wildman–Crippen MR) is 66.6 cm³/mol. The summed E-state index contributed by atoms with van der Waals surface area (Å²) in [6, 6.07) is 8.11. The van der Waals surface area contributed by atoms with Crippen molar-refractivity contribution in [3.05, 3.63) is 35.4 Å². The highest BCUT2D eigenvalue weighted by Crippen LogP contribution is 2.10. The number of rotatable bonds is 4. The van der Waals surface area contributed by atoms with Gasteiger partial charge in [-0.2, -0.15) is 0 Å². The molecule has 1 unspecified atom stereocenters. The molecule has 3 nitrogen and oxygen atoms in total. The molecule has 1 N–H and O–H groups in total. The molecule has 1 aromatic rings. The third kappa shape index (κ3) is 3.30. The van der Waals surface area contributed by atoms with Gasteiger partial charge in [-0.1, -0.05) is 31.2 Å². The Morgan fingerprint density at radius 2 is 2.06 bits per heavy atom. The van der Waals surface area contributed by atoms with Crippen LogP contribution in [-0.4, -0.2) is 18.6 Å². The van der Waals surface area contributed by atoms with Gasteiger partial charge in [0.05, 0.1) is 0 Å². The monoisotopic (exact) mass is 233 g/mol. The smallest absolute Gasteiger partial charge is 0.323 e. The van der Waals surface area contributed by atoms with Gasteiger partial charge in [0.2, 0.25) is 0 Å². The minimum atomic E-state index is -0.123. The standard InChI is InChI=1S/C14H19NO2/c1-2-11-5-7-12(8-6-11)10-17-14(16)13-4-3-9-15-13/h5-8,13,15H,2-4,9-10H2,1H3. The number of carbonyl (C=O) groups excluding carboxylic acids is 1. The summed E-state index contributed by atoms with van der Waals surface area (Å²) in [6.45, 7) is 3.42. The summed E-state index contributed by atoms with van der Waals surface area (Å²) in [5.74, 6) is -0.123. The lowest BCUT2D eigenvalue weighted by Crippen LogP contribution is -2.32. The van der Waals surface area contributed by atoms with Crippen molar-refractivity contribution in [2.45, 2.75) is 38.8 Å². The van der Waals surface area contributed by atoms with Crippen molar-refractivity contribution in [3.63, 3.8) is 0 Å². The van der Waals surface area contributed by atoms with Crippen LogP contribution in [0, 0.1) is 0 Å². The summed E-state index contributed by atoms with van der Waals surface area (Å²) in [6.07, 6.45) is 2.99. The maximum Gasteiger partial charge on any atom is 0.323 e. The molecule has 0 radical (unpaired) electrons. The molecule has 17 heavy (non-hydrogen) atoms. The van der Waals surface area contributed by atoms with Crippen LogP contribution in [0.15, 0.2) is 24.3 Å². The van der Waals surface area contributed by atoms with E-state index in [-0.39, 0.29) is 12.0 Å². The third-order valence-corrected chi connectivity index (χ3v) is 3.16. The van der Waals surface area contributed by atoms with Crippen LogP contribution in [0.4, 0.5) is 0 Å². The van der Waals surface area contributed by atoms with Crippen molar-refractivity contribution in [3.8, 4) is 0 Å². The van der Waals surface area contributed by atoms with E-state index in [1.165, 1.54) is 5.56 Å². The molecule has 1 saturated heterocycles. The van der Waals surface area contributed by atoms with Crippen LogP contribution in [0.25, 0.3) is 0 Å². The van der Waals surface area contributed by atoms with Gasteiger partial charge in [-0.25, -0.2) is 0 Å². The fourth-order valence-electron chi connectivity index (χ4n) is 2.01. The van der Waals surface area contributed by atoms with Crippen molar-refractivity contribution < 1.29 is 9.53 Å². The first kappa shape index (κ1) is 12.1. The Kier molecular flexibility index (Phi) is 4.15. The number of hydrogen-bond donors (Lipinski definition) is 1. The molecule has 1 aromatic carbocycles. The molecule has 3 heteroatoms. The van der Waals surface area contributed by atoms with Gasteiger partial charge in [0.15, 0.2) is 0 Å². The van der Waals surface area contributed by atoms with Crippen LogP contribution >= 0.6 is 0 Å².